The van der Waals surface area contributed by atoms with E-state index >= 15 is 0 Å². The average molecular weight is 344 g/mol. The van der Waals surface area contributed by atoms with Crippen LogP contribution in [0.5, 0.6) is 0 Å². The largest absolute Gasteiger partial charge is 0.380 e. The number of nitrogens with zero attached hydrogens (tertiary/aromatic N) is 2. The third-order valence-corrected chi connectivity index (χ3v) is 5.82. The van der Waals surface area contributed by atoms with Crippen molar-refractivity contribution in [3.05, 3.63) is 51.0 Å². The van der Waals surface area contributed by atoms with E-state index in [4.69, 9.17) is 9.72 Å². The Kier molecular flexibility index (Phi) is 5.31. The summed E-state index contributed by atoms with van der Waals surface area (Å²) in [7, 11) is 1.67. The summed E-state index contributed by atoms with van der Waals surface area (Å²) in [6, 6.07) is 7.74. The second kappa shape index (κ2) is 7.45. The number of hydrogen-bond donors (Lipinski definition) is 0. The van der Waals surface area contributed by atoms with Crippen molar-refractivity contribution in [2.45, 2.75) is 39.2 Å². The van der Waals surface area contributed by atoms with E-state index in [0.717, 1.165) is 42.8 Å². The Hall–Kier alpha value is -1.72. The molecule has 2 heterocycles. The maximum atomic E-state index is 12.9. The number of aromatic nitrogens is 1. The van der Waals surface area contributed by atoms with Crippen LogP contribution in [0.4, 0.5) is 0 Å². The van der Waals surface area contributed by atoms with Gasteiger partial charge in [-0.1, -0.05) is 12.1 Å². The first-order chi connectivity index (χ1) is 11.6. The summed E-state index contributed by atoms with van der Waals surface area (Å²) >= 11 is 1.77. The van der Waals surface area contributed by atoms with Crippen LogP contribution >= 0.6 is 11.3 Å². The molecule has 1 amide bonds. The molecule has 3 rings (SSSR count). The number of hydrogen-bond acceptors (Lipinski definition) is 4. The van der Waals surface area contributed by atoms with E-state index in [2.05, 4.69) is 13.8 Å². The van der Waals surface area contributed by atoms with Gasteiger partial charge in [-0.25, -0.2) is 4.98 Å². The predicted octanol–water partition coefficient (Wildman–Crippen LogP) is 3.93. The van der Waals surface area contributed by atoms with Crippen molar-refractivity contribution >= 4 is 17.2 Å². The molecule has 0 aliphatic carbocycles. The molecule has 0 saturated carbocycles. The Labute approximate surface area is 147 Å². The maximum absolute atomic E-state index is 12.9. The van der Waals surface area contributed by atoms with Gasteiger partial charge in [-0.15, -0.1) is 11.3 Å². The number of methoxy groups -OCH3 is 1. The highest BCUT2D eigenvalue weighted by atomic mass is 32.1. The van der Waals surface area contributed by atoms with Gasteiger partial charge in [-0.3, -0.25) is 4.79 Å². The van der Waals surface area contributed by atoms with Gasteiger partial charge in [-0.05, 0) is 44.4 Å². The second-order valence-corrected chi connectivity index (χ2v) is 7.65. The zero-order valence-corrected chi connectivity index (χ0v) is 15.4. The fraction of sp³-hybridized carbons (Fsp3) is 0.474. The first kappa shape index (κ1) is 17.1. The van der Waals surface area contributed by atoms with Crippen molar-refractivity contribution in [2.24, 2.45) is 0 Å². The van der Waals surface area contributed by atoms with E-state index in [1.165, 1.54) is 9.88 Å². The van der Waals surface area contributed by atoms with Crippen molar-refractivity contribution in [1.82, 2.24) is 9.88 Å². The van der Waals surface area contributed by atoms with Crippen molar-refractivity contribution in [1.29, 1.82) is 0 Å². The topological polar surface area (TPSA) is 42.4 Å². The predicted molar refractivity (Wildman–Crippen MR) is 96.6 cm³/mol. The van der Waals surface area contributed by atoms with Crippen LogP contribution in [0.2, 0.25) is 0 Å². The fourth-order valence-electron chi connectivity index (χ4n) is 3.18. The molecule has 1 aliphatic heterocycles. The summed E-state index contributed by atoms with van der Waals surface area (Å²) in [5.41, 5.74) is 2.89. The molecular weight excluding hydrogens is 320 g/mol. The number of aryl methyl sites for hydroxylation is 2. The van der Waals surface area contributed by atoms with Gasteiger partial charge in [0, 0.05) is 36.6 Å². The lowest BCUT2D eigenvalue weighted by molar-refractivity contribution is 0.0706. The zero-order chi connectivity index (χ0) is 17.1. The fourth-order valence-corrected chi connectivity index (χ4v) is 4.23. The van der Waals surface area contributed by atoms with Gasteiger partial charge in [0.1, 0.15) is 0 Å². The minimum atomic E-state index is 0.114. The van der Waals surface area contributed by atoms with Gasteiger partial charge in [0.05, 0.1) is 17.3 Å². The number of benzene rings is 1. The van der Waals surface area contributed by atoms with Gasteiger partial charge >= 0.3 is 0 Å². The lowest BCUT2D eigenvalue weighted by Crippen LogP contribution is -2.39. The average Bonchev–Trinajstić information content (AvgIpc) is 2.94. The van der Waals surface area contributed by atoms with Gasteiger partial charge in [0.2, 0.25) is 0 Å². The standard InChI is InChI=1S/C19H24N2O2S/c1-13-14(2)24-18(20-13)17-8-5-9-21(11-17)19(22)16-7-4-6-15(10-16)12-23-3/h4,6-7,10,17H,5,8-9,11-12H2,1-3H3. The molecule has 5 heteroatoms. The maximum Gasteiger partial charge on any atom is 0.253 e. The highest BCUT2D eigenvalue weighted by Gasteiger charge is 2.27. The van der Waals surface area contributed by atoms with E-state index in [0.29, 0.717) is 12.5 Å². The second-order valence-electron chi connectivity index (χ2n) is 6.42. The Balaban J connectivity index is 1.74. The highest BCUT2D eigenvalue weighted by molar-refractivity contribution is 7.11. The van der Waals surface area contributed by atoms with Crippen molar-refractivity contribution in [3.8, 4) is 0 Å². The van der Waals surface area contributed by atoms with Crippen LogP contribution in [-0.4, -0.2) is 36.0 Å². The lowest BCUT2D eigenvalue weighted by Gasteiger charge is -2.32. The third-order valence-electron chi connectivity index (χ3n) is 4.59. The van der Waals surface area contributed by atoms with Crippen molar-refractivity contribution in [2.75, 3.05) is 20.2 Å². The number of carbonyl (C=O) groups is 1. The lowest BCUT2D eigenvalue weighted by atomic mass is 9.97. The zero-order valence-electron chi connectivity index (χ0n) is 14.5. The molecule has 128 valence electrons. The van der Waals surface area contributed by atoms with Crippen LogP contribution in [0.25, 0.3) is 0 Å². The molecule has 0 N–H and O–H groups in total. The number of rotatable bonds is 4. The molecule has 1 atom stereocenters. The van der Waals surface area contributed by atoms with Crippen LogP contribution in [-0.2, 0) is 11.3 Å². The van der Waals surface area contributed by atoms with Crippen molar-refractivity contribution in [3.63, 3.8) is 0 Å². The molecule has 24 heavy (non-hydrogen) atoms. The third kappa shape index (κ3) is 3.68. The van der Waals surface area contributed by atoms with Gasteiger partial charge in [-0.2, -0.15) is 0 Å². The molecule has 1 aromatic carbocycles. The Morgan fingerprint density at radius 1 is 1.42 bits per heavy atom. The quantitative estimate of drug-likeness (QED) is 0.844. The van der Waals surface area contributed by atoms with Gasteiger partial charge in [0.15, 0.2) is 0 Å². The minimum absolute atomic E-state index is 0.114. The summed E-state index contributed by atoms with van der Waals surface area (Å²) in [6.45, 7) is 6.29. The number of likely N-dealkylation sites (tertiary alicyclic amines) is 1. The molecule has 1 unspecified atom stereocenters. The number of thiazole rings is 1. The van der Waals surface area contributed by atoms with Crippen molar-refractivity contribution < 1.29 is 9.53 Å². The van der Waals surface area contributed by atoms with E-state index in [9.17, 15) is 4.79 Å². The molecule has 0 bridgehead atoms. The Bertz CT molecular complexity index is 706. The van der Waals surface area contributed by atoms with E-state index in [1.54, 1.807) is 18.4 Å². The summed E-state index contributed by atoms with van der Waals surface area (Å²) in [5.74, 6) is 0.477. The van der Waals surface area contributed by atoms with Gasteiger partial charge in [0.25, 0.3) is 5.91 Å². The molecule has 4 nitrogen and oxygen atoms in total. The summed E-state index contributed by atoms with van der Waals surface area (Å²) in [4.78, 5) is 20.8. The normalized spacial score (nSPS) is 18.0. The summed E-state index contributed by atoms with van der Waals surface area (Å²) < 4.78 is 5.16. The molecular formula is C19H24N2O2S. The number of ether oxygens (including phenoxy) is 1. The smallest absolute Gasteiger partial charge is 0.253 e. The van der Waals surface area contributed by atoms with Crippen LogP contribution in [0, 0.1) is 13.8 Å². The molecule has 0 radical (unpaired) electrons. The molecule has 1 fully saturated rings. The first-order valence-electron chi connectivity index (χ1n) is 8.39. The van der Waals surface area contributed by atoms with Crippen LogP contribution < -0.4 is 0 Å². The number of piperidine rings is 1. The molecule has 0 spiro atoms. The molecule has 1 saturated heterocycles. The minimum Gasteiger partial charge on any atom is -0.380 e. The number of amides is 1. The van der Waals surface area contributed by atoms with Crippen LogP contribution in [0.3, 0.4) is 0 Å². The van der Waals surface area contributed by atoms with E-state index < -0.39 is 0 Å². The molecule has 1 aliphatic rings. The van der Waals surface area contributed by atoms with Gasteiger partial charge < -0.3 is 9.64 Å². The Morgan fingerprint density at radius 3 is 2.96 bits per heavy atom. The SMILES string of the molecule is COCc1cccc(C(=O)N2CCCC(c3nc(C)c(C)s3)C2)c1. The van der Waals surface area contributed by atoms with E-state index in [-0.39, 0.29) is 5.91 Å². The monoisotopic (exact) mass is 344 g/mol. The van der Waals surface area contributed by atoms with E-state index in [1.807, 2.05) is 29.2 Å². The molecule has 2 aromatic rings. The highest BCUT2D eigenvalue weighted by Crippen LogP contribution is 2.31. The van der Waals surface area contributed by atoms with Crippen LogP contribution in [0.15, 0.2) is 24.3 Å². The first-order valence-corrected chi connectivity index (χ1v) is 9.21. The number of carbonyl (C=O) groups excluding carboxylic acids is 1. The molecule has 1 aromatic heterocycles. The van der Waals surface area contributed by atoms with Crippen LogP contribution in [0.1, 0.15) is 50.3 Å². The summed E-state index contributed by atoms with van der Waals surface area (Å²) in [5, 5.41) is 1.18. The summed E-state index contributed by atoms with van der Waals surface area (Å²) in [6.07, 6.45) is 2.14. The Morgan fingerprint density at radius 2 is 2.25 bits per heavy atom.